The van der Waals surface area contributed by atoms with E-state index in [1.807, 2.05) is 13.8 Å². The van der Waals surface area contributed by atoms with E-state index >= 15 is 0 Å². The summed E-state index contributed by atoms with van der Waals surface area (Å²) in [7, 11) is 0. The number of carbonyl (C=O) groups is 2. The molecule has 0 spiro atoms. The van der Waals surface area contributed by atoms with Crippen molar-refractivity contribution in [3.63, 3.8) is 0 Å². The number of hydrogen-bond donors (Lipinski definition) is 1. The summed E-state index contributed by atoms with van der Waals surface area (Å²) in [5.74, 6) is -1.79. The molecule has 1 aromatic carbocycles. The second-order valence-corrected chi connectivity index (χ2v) is 5.87. The summed E-state index contributed by atoms with van der Waals surface area (Å²) in [5, 5.41) is 12.6. The molecule has 0 atom stereocenters. The van der Waals surface area contributed by atoms with Gasteiger partial charge in [-0.15, -0.1) is 0 Å². The molecule has 7 nitrogen and oxygen atoms in total. The highest BCUT2D eigenvalue weighted by Gasteiger charge is 2.23. The minimum atomic E-state index is -1.11. The molecular formula is C17H19FN2O5. The predicted octanol–water partition coefficient (Wildman–Crippen LogP) is 2.58. The molecule has 8 heteroatoms. The molecule has 0 radical (unpaired) electrons. The molecule has 2 aromatic rings. The van der Waals surface area contributed by atoms with Crippen LogP contribution in [0.2, 0.25) is 0 Å². The van der Waals surface area contributed by atoms with Crippen LogP contribution in [-0.4, -0.2) is 40.1 Å². The van der Waals surface area contributed by atoms with E-state index in [1.54, 1.807) is 12.1 Å². The topological polar surface area (TPSA) is 92.9 Å². The van der Waals surface area contributed by atoms with Gasteiger partial charge in [-0.05, 0) is 18.1 Å². The van der Waals surface area contributed by atoms with Gasteiger partial charge < -0.3 is 19.3 Å². The molecule has 1 N–H and O–H groups in total. The van der Waals surface area contributed by atoms with Gasteiger partial charge in [0.2, 0.25) is 0 Å². The Hall–Kier alpha value is -2.90. The maximum Gasteiger partial charge on any atom is 0.323 e. The summed E-state index contributed by atoms with van der Waals surface area (Å²) in [6.07, 6.45) is 0. The standard InChI is InChI=1S/C17H19FN2O5/c1-11(2)8-20(9-16(21)22)17(23)14-7-12(25-19-14)10-24-15-6-4-3-5-13(15)18/h3-7,11H,8-10H2,1-2H3,(H,21,22). The van der Waals surface area contributed by atoms with E-state index in [4.69, 9.17) is 14.4 Å². The van der Waals surface area contributed by atoms with Gasteiger partial charge in [0.05, 0.1) is 0 Å². The van der Waals surface area contributed by atoms with Gasteiger partial charge in [-0.1, -0.05) is 31.1 Å². The van der Waals surface area contributed by atoms with Gasteiger partial charge in [0.1, 0.15) is 13.2 Å². The average molecular weight is 350 g/mol. The first-order valence-corrected chi connectivity index (χ1v) is 7.70. The van der Waals surface area contributed by atoms with Gasteiger partial charge in [-0.2, -0.15) is 0 Å². The lowest BCUT2D eigenvalue weighted by Gasteiger charge is -2.21. The van der Waals surface area contributed by atoms with E-state index in [1.165, 1.54) is 23.1 Å². The molecule has 1 heterocycles. The van der Waals surface area contributed by atoms with E-state index in [0.717, 1.165) is 0 Å². The Morgan fingerprint density at radius 2 is 2.08 bits per heavy atom. The van der Waals surface area contributed by atoms with E-state index < -0.39 is 24.2 Å². The Kier molecular flexibility index (Phi) is 6.10. The van der Waals surface area contributed by atoms with Crippen LogP contribution in [0, 0.1) is 11.7 Å². The number of nitrogens with zero attached hydrogens (tertiary/aromatic N) is 2. The van der Waals surface area contributed by atoms with Crippen molar-refractivity contribution in [2.45, 2.75) is 20.5 Å². The maximum atomic E-state index is 13.5. The van der Waals surface area contributed by atoms with Gasteiger partial charge in [0, 0.05) is 12.6 Å². The molecule has 0 bridgehead atoms. The van der Waals surface area contributed by atoms with Crippen LogP contribution in [0.3, 0.4) is 0 Å². The molecule has 0 aliphatic carbocycles. The molecule has 1 aromatic heterocycles. The van der Waals surface area contributed by atoms with E-state index in [-0.39, 0.29) is 36.3 Å². The molecule has 0 fully saturated rings. The predicted molar refractivity (Wildman–Crippen MR) is 85.6 cm³/mol. The summed E-state index contributed by atoms with van der Waals surface area (Å²) in [4.78, 5) is 24.5. The number of carboxylic acid groups (broad SMARTS) is 1. The van der Waals surface area contributed by atoms with Crippen LogP contribution in [0.5, 0.6) is 5.75 Å². The number of ether oxygens (including phenoxy) is 1. The molecular weight excluding hydrogens is 331 g/mol. The van der Waals surface area contributed by atoms with Gasteiger partial charge in [0.15, 0.2) is 23.0 Å². The number of amides is 1. The van der Waals surface area contributed by atoms with Crippen molar-refractivity contribution in [1.29, 1.82) is 0 Å². The minimum Gasteiger partial charge on any atom is -0.482 e. The lowest BCUT2D eigenvalue weighted by molar-refractivity contribution is -0.137. The lowest BCUT2D eigenvalue weighted by atomic mass is 10.2. The third-order valence-corrected chi connectivity index (χ3v) is 3.18. The van der Waals surface area contributed by atoms with Gasteiger partial charge in [-0.3, -0.25) is 9.59 Å². The molecule has 25 heavy (non-hydrogen) atoms. The van der Waals surface area contributed by atoms with Crippen LogP contribution in [0.4, 0.5) is 4.39 Å². The van der Waals surface area contributed by atoms with Crippen LogP contribution in [0.15, 0.2) is 34.9 Å². The van der Waals surface area contributed by atoms with Crippen LogP contribution in [0.1, 0.15) is 30.1 Å². The molecule has 1 amide bonds. The number of carboxylic acids is 1. The Balaban J connectivity index is 2.04. The molecule has 0 aliphatic rings. The Morgan fingerprint density at radius 3 is 2.72 bits per heavy atom. The molecule has 0 aliphatic heterocycles. The Bertz CT molecular complexity index is 744. The summed E-state index contributed by atoms with van der Waals surface area (Å²) in [6, 6.07) is 7.26. The summed E-state index contributed by atoms with van der Waals surface area (Å²) >= 11 is 0. The number of benzene rings is 1. The van der Waals surface area contributed by atoms with Crippen LogP contribution >= 0.6 is 0 Å². The summed E-state index contributed by atoms with van der Waals surface area (Å²) in [5.41, 5.74) is -0.0194. The van der Waals surface area contributed by atoms with Crippen molar-refractivity contribution >= 4 is 11.9 Å². The highest BCUT2D eigenvalue weighted by atomic mass is 19.1. The zero-order chi connectivity index (χ0) is 18.4. The average Bonchev–Trinajstić information content (AvgIpc) is 3.01. The monoisotopic (exact) mass is 350 g/mol. The highest BCUT2D eigenvalue weighted by molar-refractivity contribution is 5.94. The van der Waals surface area contributed by atoms with Crippen molar-refractivity contribution in [3.05, 3.63) is 47.6 Å². The van der Waals surface area contributed by atoms with Crippen molar-refractivity contribution in [2.75, 3.05) is 13.1 Å². The molecule has 0 saturated carbocycles. The summed E-state index contributed by atoms with van der Waals surface area (Å²) in [6.45, 7) is 3.49. The van der Waals surface area contributed by atoms with Gasteiger partial charge in [0.25, 0.3) is 5.91 Å². The quantitative estimate of drug-likeness (QED) is 0.786. The number of carbonyl (C=O) groups excluding carboxylic acids is 1. The molecule has 2 rings (SSSR count). The second kappa shape index (κ2) is 8.27. The van der Waals surface area contributed by atoms with Crippen LogP contribution in [0.25, 0.3) is 0 Å². The largest absolute Gasteiger partial charge is 0.482 e. The Morgan fingerprint density at radius 1 is 1.36 bits per heavy atom. The molecule has 0 saturated heterocycles. The number of aromatic nitrogens is 1. The van der Waals surface area contributed by atoms with Crippen molar-refractivity contribution in [3.8, 4) is 5.75 Å². The first-order chi connectivity index (χ1) is 11.9. The van der Waals surface area contributed by atoms with E-state index in [9.17, 15) is 14.0 Å². The number of rotatable bonds is 8. The number of hydrogen-bond acceptors (Lipinski definition) is 5. The lowest BCUT2D eigenvalue weighted by Crippen LogP contribution is -2.38. The van der Waals surface area contributed by atoms with Gasteiger partial charge >= 0.3 is 5.97 Å². The maximum absolute atomic E-state index is 13.5. The van der Waals surface area contributed by atoms with Crippen molar-refractivity contribution < 1.29 is 28.3 Å². The first-order valence-electron chi connectivity index (χ1n) is 7.70. The third-order valence-electron chi connectivity index (χ3n) is 3.18. The second-order valence-electron chi connectivity index (χ2n) is 5.87. The normalized spacial score (nSPS) is 10.7. The fourth-order valence-electron chi connectivity index (χ4n) is 2.18. The van der Waals surface area contributed by atoms with Crippen molar-refractivity contribution in [2.24, 2.45) is 5.92 Å². The fourth-order valence-corrected chi connectivity index (χ4v) is 2.18. The molecule has 134 valence electrons. The smallest absolute Gasteiger partial charge is 0.323 e. The minimum absolute atomic E-state index is 0.0194. The first kappa shape index (κ1) is 18.4. The van der Waals surface area contributed by atoms with Crippen LogP contribution < -0.4 is 4.74 Å². The summed E-state index contributed by atoms with van der Waals surface area (Å²) < 4.78 is 23.8. The van der Waals surface area contributed by atoms with Gasteiger partial charge in [-0.25, -0.2) is 4.39 Å². The van der Waals surface area contributed by atoms with Crippen LogP contribution in [-0.2, 0) is 11.4 Å². The number of aliphatic carboxylic acids is 1. The van der Waals surface area contributed by atoms with Crippen molar-refractivity contribution in [1.82, 2.24) is 10.1 Å². The number of halogens is 1. The number of para-hydroxylation sites is 1. The SMILES string of the molecule is CC(C)CN(CC(=O)O)C(=O)c1cc(COc2ccccc2F)on1. The van der Waals surface area contributed by atoms with E-state index in [2.05, 4.69) is 5.16 Å². The fraction of sp³-hybridized carbons (Fsp3) is 0.353. The Labute approximate surface area is 144 Å². The molecule has 0 unspecified atom stereocenters. The highest BCUT2D eigenvalue weighted by Crippen LogP contribution is 2.18. The zero-order valence-corrected chi connectivity index (χ0v) is 13.9. The zero-order valence-electron chi connectivity index (χ0n) is 13.9. The van der Waals surface area contributed by atoms with E-state index in [0.29, 0.717) is 0 Å². The third kappa shape index (κ3) is 5.30.